The molecule has 1 amide bonds. The van der Waals surface area contributed by atoms with E-state index in [2.05, 4.69) is 28.6 Å². The Morgan fingerprint density at radius 1 is 1.26 bits per heavy atom. The summed E-state index contributed by atoms with van der Waals surface area (Å²) in [5.74, 6) is 0.957. The number of nitrogens with zero attached hydrogens (tertiary/aromatic N) is 2. The maximum atomic E-state index is 13.2. The molecule has 1 aromatic heterocycles. The van der Waals surface area contributed by atoms with Crippen molar-refractivity contribution in [3.63, 3.8) is 0 Å². The molecule has 1 unspecified atom stereocenters. The van der Waals surface area contributed by atoms with Crippen LogP contribution in [0.25, 0.3) is 0 Å². The topological polar surface area (TPSA) is 75.6 Å². The molecule has 0 saturated heterocycles. The number of ether oxygens (including phenoxy) is 1. The first kappa shape index (κ1) is 24.6. The fraction of sp³-hybridized carbons (Fsp3) is 0.393. The van der Waals surface area contributed by atoms with E-state index in [4.69, 9.17) is 9.72 Å². The highest BCUT2D eigenvalue weighted by Gasteiger charge is 2.47. The average molecular weight is 477 g/mol. The second-order valence-electron chi connectivity index (χ2n) is 8.97. The van der Waals surface area contributed by atoms with Gasteiger partial charge in [-0.1, -0.05) is 13.0 Å². The number of allylic oxidation sites excluding steroid dienone is 3. The molecule has 1 fully saturated rings. The SMILES string of the molecule is C\C=C(/C=N\C(=C\CC)NC)OC1CCCc2nc(C3(NC(=O)c4ccc(F)cc4)CC3)ccc21. The van der Waals surface area contributed by atoms with Crippen LogP contribution in [-0.4, -0.2) is 24.2 Å². The molecule has 7 heteroatoms. The highest BCUT2D eigenvalue weighted by atomic mass is 19.1. The van der Waals surface area contributed by atoms with Crippen LogP contribution in [0.1, 0.15) is 79.4 Å². The lowest BCUT2D eigenvalue weighted by molar-refractivity contribution is 0.0929. The van der Waals surface area contributed by atoms with E-state index in [1.54, 1.807) is 6.21 Å². The van der Waals surface area contributed by atoms with Gasteiger partial charge in [0.05, 0.1) is 17.4 Å². The average Bonchev–Trinajstić information content (AvgIpc) is 3.66. The standard InChI is InChI=1S/C28H33FN4O2/c1-4-7-26(30-3)31-18-21(5-2)35-24-9-6-8-23-22(24)14-15-25(32-23)28(16-17-28)33-27(34)19-10-12-20(29)13-11-19/h5,7,10-15,18,24,30H,4,6,8-9,16-17H2,1-3H3,(H,33,34)/b21-5+,26-7+,31-18-. The highest BCUT2D eigenvalue weighted by molar-refractivity contribution is 5.95. The molecule has 0 bridgehead atoms. The van der Waals surface area contributed by atoms with Crippen LogP contribution in [0.3, 0.4) is 0 Å². The van der Waals surface area contributed by atoms with E-state index in [1.165, 1.54) is 24.3 Å². The Kier molecular flexibility index (Phi) is 7.63. The van der Waals surface area contributed by atoms with Crippen molar-refractivity contribution >= 4 is 12.1 Å². The van der Waals surface area contributed by atoms with Gasteiger partial charge in [-0.15, -0.1) is 0 Å². The Morgan fingerprint density at radius 2 is 2.03 bits per heavy atom. The second-order valence-corrected chi connectivity index (χ2v) is 8.97. The third-order valence-electron chi connectivity index (χ3n) is 6.48. The Labute approximate surface area is 206 Å². The maximum absolute atomic E-state index is 13.2. The number of hydrogen-bond donors (Lipinski definition) is 2. The van der Waals surface area contributed by atoms with E-state index < -0.39 is 5.54 Å². The minimum absolute atomic E-state index is 0.0879. The van der Waals surface area contributed by atoms with Gasteiger partial charge in [0.2, 0.25) is 0 Å². The first-order chi connectivity index (χ1) is 17.0. The molecule has 35 heavy (non-hydrogen) atoms. The number of rotatable bonds is 9. The number of aliphatic imine (C=N–C) groups is 1. The molecule has 184 valence electrons. The molecule has 6 nitrogen and oxygen atoms in total. The quantitative estimate of drug-likeness (QED) is 0.371. The number of hydrogen-bond acceptors (Lipinski definition) is 5. The molecular weight excluding hydrogens is 443 g/mol. The Bertz CT molecular complexity index is 1150. The van der Waals surface area contributed by atoms with Crippen molar-refractivity contribution in [1.29, 1.82) is 0 Å². The van der Waals surface area contributed by atoms with Gasteiger partial charge in [0, 0.05) is 23.9 Å². The van der Waals surface area contributed by atoms with Crippen LogP contribution < -0.4 is 10.6 Å². The molecule has 1 atom stereocenters. The van der Waals surface area contributed by atoms with E-state index in [0.717, 1.165) is 67.1 Å². The van der Waals surface area contributed by atoms with Gasteiger partial charge in [0.1, 0.15) is 23.5 Å². The van der Waals surface area contributed by atoms with E-state index in [0.29, 0.717) is 5.56 Å². The van der Waals surface area contributed by atoms with Crippen molar-refractivity contribution in [3.8, 4) is 0 Å². The van der Waals surface area contributed by atoms with Crippen LogP contribution in [0.15, 0.2) is 65.1 Å². The van der Waals surface area contributed by atoms with Crippen LogP contribution >= 0.6 is 0 Å². The number of carbonyl (C=O) groups is 1. The molecule has 0 spiro atoms. The molecule has 2 aromatic rings. The molecular formula is C28H33FN4O2. The minimum Gasteiger partial charge on any atom is -0.484 e. The van der Waals surface area contributed by atoms with Crippen molar-refractivity contribution in [2.45, 2.75) is 64.0 Å². The van der Waals surface area contributed by atoms with Gasteiger partial charge in [0.15, 0.2) is 0 Å². The van der Waals surface area contributed by atoms with E-state index in [-0.39, 0.29) is 17.8 Å². The molecule has 2 N–H and O–H groups in total. The summed E-state index contributed by atoms with van der Waals surface area (Å²) < 4.78 is 19.5. The van der Waals surface area contributed by atoms with E-state index in [1.807, 2.05) is 32.2 Å². The predicted octanol–water partition coefficient (Wildman–Crippen LogP) is 5.48. The zero-order chi connectivity index (χ0) is 24.8. The van der Waals surface area contributed by atoms with Crippen molar-refractivity contribution < 1.29 is 13.9 Å². The normalized spacial score (nSPS) is 19.3. The number of aryl methyl sites for hydroxylation is 1. The zero-order valence-electron chi connectivity index (χ0n) is 20.6. The van der Waals surface area contributed by atoms with Crippen molar-refractivity contribution in [2.75, 3.05) is 7.05 Å². The highest BCUT2D eigenvalue weighted by Crippen LogP contribution is 2.46. The maximum Gasteiger partial charge on any atom is 0.252 e. The Morgan fingerprint density at radius 3 is 2.69 bits per heavy atom. The molecule has 1 saturated carbocycles. The molecule has 2 aliphatic carbocycles. The zero-order valence-corrected chi connectivity index (χ0v) is 20.6. The van der Waals surface area contributed by atoms with Crippen LogP contribution in [0, 0.1) is 5.82 Å². The molecule has 1 heterocycles. The van der Waals surface area contributed by atoms with E-state index >= 15 is 0 Å². The van der Waals surface area contributed by atoms with Crippen molar-refractivity contribution in [3.05, 3.63) is 88.5 Å². The fourth-order valence-corrected chi connectivity index (χ4v) is 4.35. The summed E-state index contributed by atoms with van der Waals surface area (Å²) in [4.78, 5) is 22.2. The van der Waals surface area contributed by atoms with E-state index in [9.17, 15) is 9.18 Å². The van der Waals surface area contributed by atoms with Crippen molar-refractivity contribution in [2.24, 2.45) is 4.99 Å². The predicted molar refractivity (Wildman–Crippen MR) is 135 cm³/mol. The van der Waals surface area contributed by atoms with Crippen LogP contribution in [-0.2, 0) is 16.7 Å². The number of halogens is 1. The molecule has 1 aromatic carbocycles. The summed E-state index contributed by atoms with van der Waals surface area (Å²) in [6.07, 6.45) is 10.9. The monoisotopic (exact) mass is 476 g/mol. The van der Waals surface area contributed by atoms with Gasteiger partial charge in [0.25, 0.3) is 5.91 Å². The minimum atomic E-state index is -0.454. The number of fused-ring (bicyclic) bond motifs is 1. The summed E-state index contributed by atoms with van der Waals surface area (Å²) in [6, 6.07) is 9.70. The van der Waals surface area contributed by atoms with Crippen molar-refractivity contribution in [1.82, 2.24) is 15.6 Å². The van der Waals surface area contributed by atoms with Crippen LogP contribution in [0.2, 0.25) is 0 Å². The van der Waals surface area contributed by atoms with Gasteiger partial charge < -0.3 is 15.4 Å². The molecule has 2 aliphatic rings. The van der Waals surface area contributed by atoms with Gasteiger partial charge >= 0.3 is 0 Å². The largest absolute Gasteiger partial charge is 0.484 e. The molecule has 0 radical (unpaired) electrons. The first-order valence-corrected chi connectivity index (χ1v) is 12.3. The summed E-state index contributed by atoms with van der Waals surface area (Å²) in [5.41, 5.74) is 2.98. The molecule has 0 aliphatic heterocycles. The third kappa shape index (κ3) is 5.78. The van der Waals surface area contributed by atoms with Gasteiger partial charge in [-0.2, -0.15) is 0 Å². The van der Waals surface area contributed by atoms with Gasteiger partial charge in [-0.05, 0) is 87.9 Å². The van der Waals surface area contributed by atoms with Gasteiger partial charge in [-0.25, -0.2) is 9.38 Å². The molecule has 4 rings (SSSR count). The van der Waals surface area contributed by atoms with Gasteiger partial charge in [-0.3, -0.25) is 9.78 Å². The number of nitrogens with one attached hydrogen (secondary N) is 2. The summed E-state index contributed by atoms with van der Waals surface area (Å²) in [5, 5.41) is 6.21. The number of carbonyl (C=O) groups excluding carboxylic acids is 1. The first-order valence-electron chi connectivity index (χ1n) is 12.3. The third-order valence-corrected chi connectivity index (χ3v) is 6.48. The van der Waals surface area contributed by atoms with Crippen LogP contribution in [0.5, 0.6) is 0 Å². The van der Waals surface area contributed by atoms with Crippen LogP contribution in [0.4, 0.5) is 4.39 Å². The number of aromatic nitrogens is 1. The lowest BCUT2D eigenvalue weighted by atomic mass is 9.92. The summed E-state index contributed by atoms with van der Waals surface area (Å²) in [7, 11) is 1.85. The lowest BCUT2D eigenvalue weighted by Crippen LogP contribution is -2.36. The Hall–Kier alpha value is -3.48. The fourth-order valence-electron chi connectivity index (χ4n) is 4.35. The second kappa shape index (κ2) is 10.8. The number of benzene rings is 1. The Balaban J connectivity index is 1.48. The number of pyridine rings is 1. The summed E-state index contributed by atoms with van der Waals surface area (Å²) >= 11 is 0. The summed E-state index contributed by atoms with van der Waals surface area (Å²) in [6.45, 7) is 4.01. The smallest absolute Gasteiger partial charge is 0.252 e. The lowest BCUT2D eigenvalue weighted by Gasteiger charge is -2.27. The number of amides is 1.